The van der Waals surface area contributed by atoms with Gasteiger partial charge in [-0.25, -0.2) is 8.78 Å². The second-order valence-corrected chi connectivity index (χ2v) is 4.66. The number of hydrogen-bond donors (Lipinski definition) is 1. The average Bonchev–Trinajstić information content (AvgIpc) is 2.93. The van der Waals surface area contributed by atoms with E-state index in [-0.39, 0.29) is 11.5 Å². The van der Waals surface area contributed by atoms with Crippen molar-refractivity contribution < 1.29 is 8.78 Å². The van der Waals surface area contributed by atoms with Crippen LogP contribution < -0.4 is 5.73 Å². The van der Waals surface area contributed by atoms with E-state index >= 15 is 0 Å². The first kappa shape index (κ1) is 13.4. The first-order valence-electron chi connectivity index (χ1n) is 5.85. The molecule has 2 N–H and O–H groups in total. The van der Waals surface area contributed by atoms with Gasteiger partial charge in [0.1, 0.15) is 17.3 Å². The Morgan fingerprint density at radius 1 is 1.10 bits per heavy atom. The Balaban J connectivity index is 2.22. The van der Waals surface area contributed by atoms with Crippen molar-refractivity contribution in [1.82, 2.24) is 20.2 Å². The molecule has 0 spiro atoms. The lowest BCUT2D eigenvalue weighted by Crippen LogP contribution is -2.04. The van der Waals surface area contributed by atoms with Crippen LogP contribution in [0.25, 0.3) is 17.1 Å². The zero-order valence-electron chi connectivity index (χ0n) is 10.5. The van der Waals surface area contributed by atoms with Gasteiger partial charge in [-0.2, -0.15) is 4.68 Å². The third-order valence-corrected chi connectivity index (χ3v) is 3.17. The zero-order chi connectivity index (χ0) is 15.0. The molecule has 3 rings (SSSR count). The van der Waals surface area contributed by atoms with Gasteiger partial charge >= 0.3 is 0 Å². The number of nitrogens with zero attached hydrogens (tertiary/aromatic N) is 4. The maximum Gasteiger partial charge on any atom is 0.188 e. The molecule has 0 aliphatic carbocycles. The average molecular weight is 308 g/mol. The van der Waals surface area contributed by atoms with E-state index in [0.29, 0.717) is 16.3 Å². The predicted molar refractivity (Wildman–Crippen MR) is 73.9 cm³/mol. The lowest BCUT2D eigenvalue weighted by atomic mass is 10.2. The van der Waals surface area contributed by atoms with Crippen LogP contribution >= 0.6 is 11.6 Å². The lowest BCUT2D eigenvalue weighted by molar-refractivity contribution is 0.584. The fourth-order valence-electron chi connectivity index (χ4n) is 1.88. The summed E-state index contributed by atoms with van der Waals surface area (Å²) in [5.41, 5.74) is 6.46. The number of nitrogens with two attached hydrogens (primary N) is 1. The molecule has 0 amide bonds. The molecule has 5 nitrogen and oxygen atoms in total. The maximum absolute atomic E-state index is 13.9. The Hall–Kier alpha value is -2.54. The van der Waals surface area contributed by atoms with Crippen molar-refractivity contribution in [3.63, 3.8) is 0 Å². The molecule has 8 heteroatoms. The van der Waals surface area contributed by atoms with E-state index in [0.717, 1.165) is 22.9 Å². The van der Waals surface area contributed by atoms with E-state index in [2.05, 4.69) is 15.5 Å². The molecule has 0 unspecified atom stereocenters. The lowest BCUT2D eigenvalue weighted by Gasteiger charge is -2.08. The maximum atomic E-state index is 13.9. The first-order valence-corrected chi connectivity index (χ1v) is 6.23. The minimum Gasteiger partial charge on any atom is -0.399 e. The van der Waals surface area contributed by atoms with Crippen LogP contribution in [0.4, 0.5) is 14.5 Å². The van der Waals surface area contributed by atoms with Gasteiger partial charge in [0.2, 0.25) is 0 Å². The van der Waals surface area contributed by atoms with Crippen molar-refractivity contribution in [3.8, 4) is 17.1 Å². The molecule has 0 fully saturated rings. The van der Waals surface area contributed by atoms with Crippen LogP contribution in [0.1, 0.15) is 0 Å². The van der Waals surface area contributed by atoms with E-state index in [1.807, 2.05) is 0 Å². The molecule has 1 heterocycles. The monoisotopic (exact) mass is 307 g/mol. The first-order chi connectivity index (χ1) is 10.1. The highest BCUT2D eigenvalue weighted by Crippen LogP contribution is 2.29. The molecule has 106 valence electrons. The normalized spacial score (nSPS) is 10.8. The minimum atomic E-state index is -0.662. The van der Waals surface area contributed by atoms with Crippen molar-refractivity contribution in [2.24, 2.45) is 0 Å². The predicted octanol–water partition coefficient (Wildman–Crippen LogP) is 2.84. The summed E-state index contributed by atoms with van der Waals surface area (Å²) in [6.07, 6.45) is 0. The number of halogens is 3. The fraction of sp³-hybridized carbons (Fsp3) is 0. The number of benzene rings is 2. The quantitative estimate of drug-likeness (QED) is 0.739. The number of hydrogen-bond acceptors (Lipinski definition) is 4. The number of rotatable bonds is 2. The van der Waals surface area contributed by atoms with Crippen molar-refractivity contribution in [2.45, 2.75) is 0 Å². The van der Waals surface area contributed by atoms with Crippen LogP contribution in [0.15, 0.2) is 36.4 Å². The summed E-state index contributed by atoms with van der Waals surface area (Å²) in [7, 11) is 0. The topological polar surface area (TPSA) is 69.6 Å². The molecule has 0 atom stereocenters. The molecule has 0 saturated heterocycles. The summed E-state index contributed by atoms with van der Waals surface area (Å²) in [4.78, 5) is 0. The second kappa shape index (κ2) is 5.10. The van der Waals surface area contributed by atoms with Gasteiger partial charge in [-0.15, -0.1) is 5.10 Å². The molecule has 0 radical (unpaired) electrons. The van der Waals surface area contributed by atoms with Crippen LogP contribution in [0.2, 0.25) is 5.02 Å². The Labute approximate surface area is 123 Å². The van der Waals surface area contributed by atoms with Gasteiger partial charge in [0.15, 0.2) is 5.82 Å². The number of nitrogen functional groups attached to an aromatic ring is 1. The molecule has 1 aromatic heterocycles. The number of aromatic nitrogens is 4. The highest BCUT2D eigenvalue weighted by atomic mass is 35.5. The van der Waals surface area contributed by atoms with Crippen LogP contribution in [-0.4, -0.2) is 20.2 Å². The third-order valence-electron chi connectivity index (χ3n) is 2.84. The largest absolute Gasteiger partial charge is 0.399 e. The van der Waals surface area contributed by atoms with E-state index in [9.17, 15) is 8.78 Å². The highest BCUT2D eigenvalue weighted by molar-refractivity contribution is 6.33. The van der Waals surface area contributed by atoms with Crippen molar-refractivity contribution in [2.75, 3.05) is 5.73 Å². The summed E-state index contributed by atoms with van der Waals surface area (Å²) < 4.78 is 28.3. The summed E-state index contributed by atoms with van der Waals surface area (Å²) in [6.45, 7) is 0. The summed E-state index contributed by atoms with van der Waals surface area (Å²) in [5.74, 6) is -1.10. The SMILES string of the molecule is Nc1ccc(Cl)c(-c2nnnn2-c2cc(F)ccc2F)c1. The van der Waals surface area contributed by atoms with E-state index < -0.39 is 11.6 Å². The van der Waals surface area contributed by atoms with Crippen molar-refractivity contribution in [3.05, 3.63) is 53.1 Å². The standard InChI is InChI=1S/C13H8ClF2N5/c14-10-3-2-8(17)6-9(10)13-18-19-20-21(13)12-5-7(15)1-4-11(12)16/h1-6H,17H2. The molecule has 0 aliphatic rings. The third kappa shape index (κ3) is 2.43. The van der Waals surface area contributed by atoms with Crippen LogP contribution in [0, 0.1) is 11.6 Å². The zero-order valence-corrected chi connectivity index (χ0v) is 11.2. The van der Waals surface area contributed by atoms with Gasteiger partial charge in [-0.3, -0.25) is 0 Å². The van der Waals surface area contributed by atoms with Crippen LogP contribution in [0.5, 0.6) is 0 Å². The molecular weight excluding hydrogens is 300 g/mol. The molecule has 0 aliphatic heterocycles. The number of anilines is 1. The summed E-state index contributed by atoms with van der Waals surface area (Å²) in [6, 6.07) is 7.75. The molecular formula is C13H8ClF2N5. The van der Waals surface area contributed by atoms with Gasteiger partial charge in [-0.1, -0.05) is 11.6 Å². The van der Waals surface area contributed by atoms with Gasteiger partial charge in [0.05, 0.1) is 5.02 Å². The van der Waals surface area contributed by atoms with Gasteiger partial charge in [-0.05, 0) is 40.8 Å². The summed E-state index contributed by atoms with van der Waals surface area (Å²) >= 11 is 6.09. The Morgan fingerprint density at radius 3 is 2.71 bits per heavy atom. The van der Waals surface area contributed by atoms with Crippen molar-refractivity contribution in [1.29, 1.82) is 0 Å². The Kier molecular flexibility index (Phi) is 3.26. The molecule has 3 aromatic rings. The highest BCUT2D eigenvalue weighted by Gasteiger charge is 2.17. The van der Waals surface area contributed by atoms with Crippen LogP contribution in [-0.2, 0) is 0 Å². The Morgan fingerprint density at radius 2 is 1.90 bits per heavy atom. The minimum absolute atomic E-state index is 0.117. The van der Waals surface area contributed by atoms with E-state index in [1.54, 1.807) is 18.2 Å². The van der Waals surface area contributed by atoms with Crippen molar-refractivity contribution >= 4 is 17.3 Å². The summed E-state index contributed by atoms with van der Waals surface area (Å²) in [5, 5.41) is 11.3. The van der Waals surface area contributed by atoms with Gasteiger partial charge < -0.3 is 5.73 Å². The number of tetrazole rings is 1. The molecule has 21 heavy (non-hydrogen) atoms. The van der Waals surface area contributed by atoms with Gasteiger partial charge in [0, 0.05) is 17.3 Å². The van der Waals surface area contributed by atoms with E-state index in [1.165, 1.54) is 0 Å². The second-order valence-electron chi connectivity index (χ2n) is 4.25. The fourth-order valence-corrected chi connectivity index (χ4v) is 2.08. The molecule has 0 saturated carbocycles. The van der Waals surface area contributed by atoms with Gasteiger partial charge in [0.25, 0.3) is 0 Å². The van der Waals surface area contributed by atoms with E-state index in [4.69, 9.17) is 17.3 Å². The smallest absolute Gasteiger partial charge is 0.188 e. The Bertz CT molecular complexity index is 752. The molecule has 0 bridgehead atoms. The van der Waals surface area contributed by atoms with Crippen LogP contribution in [0.3, 0.4) is 0 Å². The molecule has 2 aromatic carbocycles.